The van der Waals surface area contributed by atoms with Crippen LogP contribution >= 0.6 is 27.5 Å². The van der Waals surface area contributed by atoms with Crippen LogP contribution in [0.5, 0.6) is 5.75 Å². The quantitative estimate of drug-likeness (QED) is 0.613. The number of hydrogen-bond donors (Lipinski definition) is 1. The first kappa shape index (κ1) is 18.7. The van der Waals surface area contributed by atoms with Crippen LogP contribution in [0.4, 0.5) is 16.2 Å². The van der Waals surface area contributed by atoms with Gasteiger partial charge >= 0.3 is 6.03 Å². The van der Waals surface area contributed by atoms with Gasteiger partial charge in [0.2, 0.25) is 0 Å². The molecule has 10 heteroatoms. The Morgan fingerprint density at radius 1 is 1.32 bits per heavy atom. The van der Waals surface area contributed by atoms with Crippen LogP contribution in [0.1, 0.15) is 13.8 Å². The molecule has 1 N–H and O–H groups in total. The number of nitrogens with one attached hydrogen (secondary N) is 1. The minimum absolute atomic E-state index is 0.307. The Balaban J connectivity index is 1.61. The number of carbonyl (C=O) groups is 1. The number of benzene rings is 1. The van der Waals surface area contributed by atoms with E-state index in [9.17, 15) is 4.79 Å². The number of para-hydroxylation sites is 1. The number of anilines is 2. The molecule has 0 bridgehead atoms. The van der Waals surface area contributed by atoms with Gasteiger partial charge in [-0.3, -0.25) is 4.90 Å². The Kier molecular flexibility index (Phi) is 4.72. The summed E-state index contributed by atoms with van der Waals surface area (Å²) in [6, 6.07) is 6.88. The number of nitrogens with zero attached hydrogens (tertiary/aromatic N) is 5. The van der Waals surface area contributed by atoms with Crippen molar-refractivity contribution in [3.8, 4) is 11.6 Å². The molecular formula is C18H16BrClN6O2. The van der Waals surface area contributed by atoms with Gasteiger partial charge in [-0.25, -0.2) is 9.78 Å². The summed E-state index contributed by atoms with van der Waals surface area (Å²) in [5.41, 5.74) is 0.606. The molecule has 144 valence electrons. The zero-order valence-corrected chi connectivity index (χ0v) is 17.4. The van der Waals surface area contributed by atoms with E-state index < -0.39 is 5.60 Å². The van der Waals surface area contributed by atoms with E-state index in [0.717, 1.165) is 4.47 Å². The SMILES string of the molecule is CC1(C)CN(C(=O)Nc2cnc(-n3nccn3)c(Cl)c2)c2cccc(Br)c2O1. The van der Waals surface area contributed by atoms with E-state index in [4.69, 9.17) is 16.3 Å². The highest BCUT2D eigenvalue weighted by molar-refractivity contribution is 9.10. The molecule has 0 atom stereocenters. The number of carbonyl (C=O) groups excluding carboxylic acids is 1. The predicted octanol–water partition coefficient (Wildman–Crippen LogP) is 4.29. The van der Waals surface area contributed by atoms with Crippen LogP contribution < -0.4 is 15.0 Å². The van der Waals surface area contributed by atoms with Crippen molar-refractivity contribution in [3.63, 3.8) is 0 Å². The lowest BCUT2D eigenvalue weighted by Gasteiger charge is -2.40. The molecule has 4 rings (SSSR count). The van der Waals surface area contributed by atoms with Gasteiger partial charge in [-0.2, -0.15) is 10.2 Å². The number of amides is 2. The van der Waals surface area contributed by atoms with Gasteiger partial charge in [0, 0.05) is 0 Å². The number of rotatable bonds is 2. The highest BCUT2D eigenvalue weighted by Gasteiger charge is 2.36. The minimum atomic E-state index is -0.542. The van der Waals surface area contributed by atoms with Crippen LogP contribution in [0.2, 0.25) is 5.02 Å². The van der Waals surface area contributed by atoms with E-state index >= 15 is 0 Å². The fourth-order valence-corrected chi connectivity index (χ4v) is 3.61. The largest absolute Gasteiger partial charge is 0.483 e. The second kappa shape index (κ2) is 7.06. The van der Waals surface area contributed by atoms with E-state index in [1.54, 1.807) is 11.0 Å². The Labute approximate surface area is 174 Å². The molecule has 1 aliphatic rings. The lowest BCUT2D eigenvalue weighted by atomic mass is 10.1. The lowest BCUT2D eigenvalue weighted by molar-refractivity contribution is 0.106. The Hall–Kier alpha value is -2.65. The highest BCUT2D eigenvalue weighted by Crippen LogP contribution is 2.42. The minimum Gasteiger partial charge on any atom is -0.483 e. The maximum Gasteiger partial charge on any atom is 0.326 e. The summed E-state index contributed by atoms with van der Waals surface area (Å²) in [4.78, 5) is 20.2. The van der Waals surface area contributed by atoms with Crippen molar-refractivity contribution < 1.29 is 9.53 Å². The van der Waals surface area contributed by atoms with Crippen LogP contribution in [0.3, 0.4) is 0 Å². The van der Waals surface area contributed by atoms with E-state index in [0.29, 0.717) is 34.5 Å². The van der Waals surface area contributed by atoms with Crippen molar-refractivity contribution in [2.75, 3.05) is 16.8 Å². The Morgan fingerprint density at radius 2 is 2.07 bits per heavy atom. The number of pyridine rings is 1. The zero-order valence-electron chi connectivity index (χ0n) is 15.1. The number of halogens is 2. The second-order valence-corrected chi connectivity index (χ2v) is 8.08. The Bertz CT molecular complexity index is 1040. The summed E-state index contributed by atoms with van der Waals surface area (Å²) in [5, 5.41) is 11.2. The molecule has 0 spiro atoms. The molecule has 3 aromatic rings. The summed E-state index contributed by atoms with van der Waals surface area (Å²) in [6.07, 6.45) is 4.57. The van der Waals surface area contributed by atoms with Crippen molar-refractivity contribution in [2.45, 2.75) is 19.4 Å². The van der Waals surface area contributed by atoms with Gasteiger partial charge in [0.15, 0.2) is 11.6 Å². The zero-order chi connectivity index (χ0) is 19.9. The predicted molar refractivity (Wildman–Crippen MR) is 109 cm³/mol. The van der Waals surface area contributed by atoms with Crippen LogP contribution in [0.15, 0.2) is 47.3 Å². The molecule has 28 heavy (non-hydrogen) atoms. The summed E-state index contributed by atoms with van der Waals surface area (Å²) < 4.78 is 6.83. The van der Waals surface area contributed by atoms with E-state index in [1.165, 1.54) is 23.4 Å². The van der Waals surface area contributed by atoms with Crippen molar-refractivity contribution in [2.24, 2.45) is 0 Å². The van der Waals surface area contributed by atoms with Gasteiger partial charge in [0.25, 0.3) is 0 Å². The smallest absolute Gasteiger partial charge is 0.326 e. The molecule has 0 saturated heterocycles. The second-order valence-electron chi connectivity index (χ2n) is 6.81. The molecule has 0 saturated carbocycles. The van der Waals surface area contributed by atoms with E-state index in [2.05, 4.69) is 36.4 Å². The van der Waals surface area contributed by atoms with Gasteiger partial charge < -0.3 is 10.1 Å². The first-order chi connectivity index (χ1) is 13.3. The highest BCUT2D eigenvalue weighted by atomic mass is 79.9. The number of ether oxygens (including phenoxy) is 1. The van der Waals surface area contributed by atoms with Crippen LogP contribution in [-0.4, -0.2) is 38.2 Å². The van der Waals surface area contributed by atoms with E-state index in [-0.39, 0.29) is 6.03 Å². The molecule has 1 aliphatic heterocycles. The van der Waals surface area contributed by atoms with Gasteiger partial charge in [-0.1, -0.05) is 17.7 Å². The van der Waals surface area contributed by atoms with Gasteiger partial charge in [-0.15, -0.1) is 4.80 Å². The standard InChI is InChI=1S/C18H16BrClN6O2/c1-18(2)10-25(14-5-3-4-12(19)15(14)28-18)17(27)24-11-8-13(20)16(21-9-11)26-22-6-7-23-26/h3-9H,10H2,1-2H3,(H,24,27). The normalized spacial score (nSPS) is 14.9. The summed E-state index contributed by atoms with van der Waals surface area (Å²) in [5.74, 6) is 1.01. The van der Waals surface area contributed by atoms with Gasteiger partial charge in [-0.05, 0) is 48.0 Å². The maximum absolute atomic E-state index is 13.0. The fourth-order valence-electron chi connectivity index (χ4n) is 2.93. The monoisotopic (exact) mass is 462 g/mol. The topological polar surface area (TPSA) is 85.2 Å². The maximum atomic E-state index is 13.0. The molecule has 0 fully saturated rings. The summed E-state index contributed by atoms with van der Waals surface area (Å²) in [7, 11) is 0. The lowest BCUT2D eigenvalue weighted by Crippen LogP contribution is -2.50. The number of fused-ring (bicyclic) bond motifs is 1. The van der Waals surface area contributed by atoms with Crippen LogP contribution in [-0.2, 0) is 0 Å². The van der Waals surface area contributed by atoms with E-state index in [1.807, 2.05) is 32.0 Å². The average molecular weight is 464 g/mol. The van der Waals surface area contributed by atoms with Crippen LogP contribution in [0, 0.1) is 0 Å². The van der Waals surface area contributed by atoms with Crippen molar-refractivity contribution >= 4 is 44.9 Å². The summed E-state index contributed by atoms with van der Waals surface area (Å²) >= 11 is 9.77. The molecule has 0 aliphatic carbocycles. The molecule has 8 nitrogen and oxygen atoms in total. The molecule has 2 aromatic heterocycles. The molecule has 0 unspecified atom stereocenters. The van der Waals surface area contributed by atoms with Crippen molar-refractivity contribution in [1.29, 1.82) is 0 Å². The molecule has 1 aromatic carbocycles. The first-order valence-corrected chi connectivity index (χ1v) is 9.59. The Morgan fingerprint density at radius 3 is 2.79 bits per heavy atom. The van der Waals surface area contributed by atoms with Crippen molar-refractivity contribution in [1.82, 2.24) is 20.0 Å². The molecule has 0 radical (unpaired) electrons. The first-order valence-electron chi connectivity index (χ1n) is 8.42. The van der Waals surface area contributed by atoms with Gasteiger partial charge in [0.1, 0.15) is 5.60 Å². The number of urea groups is 1. The summed E-state index contributed by atoms with van der Waals surface area (Å²) in [6.45, 7) is 4.25. The third-order valence-electron chi connectivity index (χ3n) is 4.08. The number of hydrogen-bond acceptors (Lipinski definition) is 5. The number of aromatic nitrogens is 4. The average Bonchev–Trinajstić information content (AvgIpc) is 3.16. The van der Waals surface area contributed by atoms with Gasteiger partial charge in [0.05, 0.1) is 46.0 Å². The fraction of sp³-hybridized carbons (Fsp3) is 0.222. The third kappa shape index (κ3) is 3.55. The third-order valence-corrected chi connectivity index (χ3v) is 4.98. The molecule has 3 heterocycles. The van der Waals surface area contributed by atoms with Crippen molar-refractivity contribution in [3.05, 3.63) is 52.4 Å². The molecular weight excluding hydrogens is 448 g/mol. The molecule has 2 amide bonds. The van der Waals surface area contributed by atoms with Crippen LogP contribution in [0.25, 0.3) is 5.82 Å².